The summed E-state index contributed by atoms with van der Waals surface area (Å²) in [5.41, 5.74) is 2.18. The first-order chi connectivity index (χ1) is 10.2. The van der Waals surface area contributed by atoms with E-state index in [2.05, 4.69) is 15.3 Å². The van der Waals surface area contributed by atoms with E-state index in [9.17, 15) is 9.90 Å². The second kappa shape index (κ2) is 7.56. The number of aliphatic hydroxyl groups excluding tert-OH is 1. The van der Waals surface area contributed by atoms with Gasteiger partial charge in [0.05, 0.1) is 12.3 Å². The molecule has 1 atom stereocenters. The molecular weight excluding hydrogens is 288 g/mol. The number of nitrogens with one attached hydrogen (secondary N) is 1. The topological polar surface area (TPSA) is 70.9 Å². The van der Waals surface area contributed by atoms with Crippen LogP contribution in [0.3, 0.4) is 0 Å². The van der Waals surface area contributed by atoms with Gasteiger partial charge in [0.2, 0.25) is 0 Å². The van der Waals surface area contributed by atoms with Crippen molar-refractivity contribution in [2.24, 2.45) is 5.16 Å². The van der Waals surface area contributed by atoms with Crippen molar-refractivity contribution in [2.45, 2.75) is 6.10 Å². The van der Waals surface area contributed by atoms with Crippen molar-refractivity contribution >= 4 is 23.5 Å². The molecule has 0 aliphatic rings. The Bertz CT molecular complexity index is 594. The molecule has 6 heteroatoms. The lowest BCUT2D eigenvalue weighted by atomic mass is 10.1. The summed E-state index contributed by atoms with van der Waals surface area (Å²) in [5, 5.41) is 20.0. The number of carbonyl (C=O) groups is 1. The Morgan fingerprint density at radius 3 is 2.81 bits per heavy atom. The van der Waals surface area contributed by atoms with Crippen LogP contribution in [0, 0.1) is 0 Å². The zero-order valence-corrected chi connectivity index (χ0v) is 12.3. The third kappa shape index (κ3) is 4.40. The highest BCUT2D eigenvalue weighted by Gasteiger charge is 2.11. The van der Waals surface area contributed by atoms with Gasteiger partial charge in [0.15, 0.2) is 0 Å². The smallest absolute Gasteiger partial charge is 0.251 e. The van der Waals surface area contributed by atoms with Crippen molar-refractivity contribution in [3.05, 3.63) is 57.8 Å². The van der Waals surface area contributed by atoms with E-state index in [4.69, 9.17) is 0 Å². The van der Waals surface area contributed by atoms with Gasteiger partial charge in [0, 0.05) is 12.1 Å². The van der Waals surface area contributed by atoms with E-state index in [0.717, 1.165) is 11.1 Å². The number of oxime groups is 1. The van der Waals surface area contributed by atoms with Crippen LogP contribution in [0.15, 0.2) is 46.2 Å². The average Bonchev–Trinajstić information content (AvgIpc) is 3.05. The van der Waals surface area contributed by atoms with E-state index >= 15 is 0 Å². The highest BCUT2D eigenvalue weighted by molar-refractivity contribution is 7.07. The molecule has 1 aromatic heterocycles. The first-order valence-electron chi connectivity index (χ1n) is 6.35. The largest absolute Gasteiger partial charge is 0.399 e. The molecule has 0 fully saturated rings. The van der Waals surface area contributed by atoms with Gasteiger partial charge < -0.3 is 15.3 Å². The van der Waals surface area contributed by atoms with Crippen LogP contribution in [-0.4, -0.2) is 30.9 Å². The molecule has 0 radical (unpaired) electrons. The summed E-state index contributed by atoms with van der Waals surface area (Å²) in [6.07, 6.45) is 0.871. The average molecular weight is 304 g/mol. The number of carbonyl (C=O) groups excluding carboxylic acids is 1. The number of thiophene rings is 1. The predicted octanol–water partition coefficient (Wildman–Crippen LogP) is 2.19. The van der Waals surface area contributed by atoms with Crippen LogP contribution in [0.25, 0.3) is 0 Å². The molecule has 0 saturated carbocycles. The van der Waals surface area contributed by atoms with E-state index in [-0.39, 0.29) is 12.5 Å². The summed E-state index contributed by atoms with van der Waals surface area (Å²) in [6, 6.07) is 8.78. The number of benzene rings is 1. The maximum absolute atomic E-state index is 12.0. The molecule has 1 aromatic carbocycles. The third-order valence-corrected chi connectivity index (χ3v) is 3.57. The Morgan fingerprint density at radius 1 is 1.43 bits per heavy atom. The van der Waals surface area contributed by atoms with Gasteiger partial charge >= 0.3 is 0 Å². The molecule has 0 spiro atoms. The molecule has 1 unspecified atom stereocenters. The molecule has 5 nitrogen and oxygen atoms in total. The molecule has 1 heterocycles. The summed E-state index contributed by atoms with van der Waals surface area (Å²) >= 11 is 1.51. The van der Waals surface area contributed by atoms with Crippen molar-refractivity contribution in [3.63, 3.8) is 0 Å². The fourth-order valence-electron chi connectivity index (χ4n) is 1.71. The standard InChI is InChI=1S/C15H16N2O3S/c1-20-17-8-11-2-4-12(5-3-11)15(19)16-9-14(18)13-6-7-21-10-13/h2-8,10,14,18H,9H2,1H3,(H,16,19)/b17-8+. The molecule has 21 heavy (non-hydrogen) atoms. The third-order valence-electron chi connectivity index (χ3n) is 2.86. The molecular formula is C15H16N2O3S. The molecule has 1 amide bonds. The lowest BCUT2D eigenvalue weighted by molar-refractivity contribution is 0.0916. The number of nitrogens with zero attached hydrogens (tertiary/aromatic N) is 1. The predicted molar refractivity (Wildman–Crippen MR) is 82.7 cm³/mol. The second-order valence-electron chi connectivity index (χ2n) is 4.32. The number of amides is 1. The zero-order chi connectivity index (χ0) is 15.1. The quantitative estimate of drug-likeness (QED) is 0.635. The van der Waals surface area contributed by atoms with Crippen LogP contribution in [0.1, 0.15) is 27.6 Å². The van der Waals surface area contributed by atoms with Crippen LogP contribution < -0.4 is 5.32 Å². The SMILES string of the molecule is CO/N=C/c1ccc(C(=O)NCC(O)c2ccsc2)cc1. The lowest BCUT2D eigenvalue weighted by Crippen LogP contribution is -2.28. The van der Waals surface area contributed by atoms with E-state index in [1.807, 2.05) is 16.8 Å². The van der Waals surface area contributed by atoms with Crippen molar-refractivity contribution in [3.8, 4) is 0 Å². The molecule has 0 bridgehead atoms. The lowest BCUT2D eigenvalue weighted by Gasteiger charge is -2.10. The first-order valence-corrected chi connectivity index (χ1v) is 7.30. The fourth-order valence-corrected chi connectivity index (χ4v) is 2.42. The van der Waals surface area contributed by atoms with Crippen LogP contribution in [-0.2, 0) is 4.84 Å². The van der Waals surface area contributed by atoms with Gasteiger partial charge in [-0.15, -0.1) is 0 Å². The van der Waals surface area contributed by atoms with E-state index < -0.39 is 6.10 Å². The number of aliphatic hydroxyl groups is 1. The van der Waals surface area contributed by atoms with Crippen LogP contribution >= 0.6 is 11.3 Å². The Labute approximate surface area is 126 Å². The maximum Gasteiger partial charge on any atom is 0.251 e. The zero-order valence-electron chi connectivity index (χ0n) is 11.5. The van der Waals surface area contributed by atoms with Crippen molar-refractivity contribution in [2.75, 3.05) is 13.7 Å². The Balaban J connectivity index is 1.89. The van der Waals surface area contributed by atoms with Gasteiger partial charge in [-0.2, -0.15) is 11.3 Å². The molecule has 110 valence electrons. The van der Waals surface area contributed by atoms with Crippen molar-refractivity contribution < 1.29 is 14.7 Å². The molecule has 2 aromatic rings. The maximum atomic E-state index is 12.0. The monoisotopic (exact) mass is 304 g/mol. The van der Waals surface area contributed by atoms with E-state index in [0.29, 0.717) is 5.56 Å². The molecule has 2 N–H and O–H groups in total. The summed E-state index contributed by atoms with van der Waals surface area (Å²) in [6.45, 7) is 0.183. The van der Waals surface area contributed by atoms with Crippen LogP contribution in [0.4, 0.5) is 0 Å². The molecule has 0 aliphatic heterocycles. The summed E-state index contributed by atoms with van der Waals surface area (Å²) in [4.78, 5) is 16.6. The van der Waals surface area contributed by atoms with Gasteiger partial charge in [-0.05, 0) is 40.1 Å². The van der Waals surface area contributed by atoms with Crippen molar-refractivity contribution in [1.82, 2.24) is 5.32 Å². The highest BCUT2D eigenvalue weighted by atomic mass is 32.1. The van der Waals surface area contributed by atoms with Crippen LogP contribution in [0.5, 0.6) is 0 Å². The number of rotatable bonds is 6. The van der Waals surface area contributed by atoms with Crippen molar-refractivity contribution in [1.29, 1.82) is 0 Å². The molecule has 0 aliphatic carbocycles. The number of hydrogen-bond acceptors (Lipinski definition) is 5. The summed E-state index contributed by atoms with van der Waals surface area (Å²) < 4.78 is 0. The Morgan fingerprint density at radius 2 is 2.19 bits per heavy atom. The number of hydrogen-bond donors (Lipinski definition) is 2. The Kier molecular flexibility index (Phi) is 5.48. The van der Waals surface area contributed by atoms with Crippen LogP contribution in [0.2, 0.25) is 0 Å². The summed E-state index contributed by atoms with van der Waals surface area (Å²) in [7, 11) is 1.47. The molecule has 0 saturated heterocycles. The van der Waals surface area contributed by atoms with E-state index in [1.165, 1.54) is 18.4 Å². The molecule has 2 rings (SSSR count). The normalized spacial score (nSPS) is 12.3. The Hall–Kier alpha value is -2.18. The highest BCUT2D eigenvalue weighted by Crippen LogP contribution is 2.15. The van der Waals surface area contributed by atoms with Gasteiger partial charge in [0.1, 0.15) is 7.11 Å². The van der Waals surface area contributed by atoms with Gasteiger partial charge in [-0.25, -0.2) is 0 Å². The minimum absolute atomic E-state index is 0.183. The minimum Gasteiger partial charge on any atom is -0.399 e. The first kappa shape index (κ1) is 15.2. The van der Waals surface area contributed by atoms with Gasteiger partial charge in [0.25, 0.3) is 5.91 Å². The second-order valence-corrected chi connectivity index (χ2v) is 5.10. The fraction of sp³-hybridized carbons (Fsp3) is 0.200. The van der Waals surface area contributed by atoms with E-state index in [1.54, 1.807) is 30.5 Å². The minimum atomic E-state index is -0.687. The van der Waals surface area contributed by atoms with Gasteiger partial charge in [-0.1, -0.05) is 17.3 Å². The van der Waals surface area contributed by atoms with Gasteiger partial charge in [-0.3, -0.25) is 4.79 Å². The summed E-state index contributed by atoms with van der Waals surface area (Å²) in [5.74, 6) is -0.223.